The maximum absolute atomic E-state index is 5.45. The molecule has 2 aromatic carbocycles. The molecule has 2 fully saturated rings. The quantitative estimate of drug-likeness (QED) is 0.625. The van der Waals surface area contributed by atoms with E-state index in [1.54, 1.807) is 0 Å². The lowest BCUT2D eigenvalue weighted by Gasteiger charge is -2.28. The van der Waals surface area contributed by atoms with E-state index < -0.39 is 0 Å². The molecule has 5 nitrogen and oxygen atoms in total. The smallest absolute Gasteiger partial charge is 0.194 e. The normalized spacial score (nSPS) is 20.2. The molecule has 2 aromatic rings. The van der Waals surface area contributed by atoms with Crippen molar-refractivity contribution in [2.75, 3.05) is 50.8 Å². The van der Waals surface area contributed by atoms with Crippen LogP contribution in [-0.4, -0.2) is 56.8 Å². The van der Waals surface area contributed by atoms with E-state index in [4.69, 9.17) is 9.73 Å². The van der Waals surface area contributed by atoms with E-state index in [2.05, 4.69) is 76.6 Å². The third kappa shape index (κ3) is 5.10. The minimum atomic E-state index is 0.591. The van der Waals surface area contributed by atoms with Crippen molar-refractivity contribution in [3.63, 3.8) is 0 Å². The fraction of sp³-hybridized carbons (Fsp3) is 0.458. The first-order valence-electron chi connectivity index (χ1n) is 10.8. The van der Waals surface area contributed by atoms with Gasteiger partial charge in [0.25, 0.3) is 0 Å². The number of likely N-dealkylation sites (tertiary alicyclic amines) is 1. The van der Waals surface area contributed by atoms with Crippen molar-refractivity contribution >= 4 is 11.6 Å². The average molecular weight is 393 g/mol. The number of morpholine rings is 1. The van der Waals surface area contributed by atoms with Gasteiger partial charge in [0.2, 0.25) is 0 Å². The molecule has 2 saturated heterocycles. The Morgan fingerprint density at radius 1 is 1.03 bits per heavy atom. The van der Waals surface area contributed by atoms with E-state index in [1.165, 1.54) is 23.2 Å². The van der Waals surface area contributed by atoms with Gasteiger partial charge >= 0.3 is 0 Å². The van der Waals surface area contributed by atoms with Gasteiger partial charge in [0, 0.05) is 44.3 Å². The van der Waals surface area contributed by atoms with Crippen LogP contribution in [0.25, 0.3) is 0 Å². The van der Waals surface area contributed by atoms with Crippen LogP contribution in [0.3, 0.4) is 0 Å². The molecule has 0 spiro atoms. The number of nitrogens with zero attached hydrogens (tertiary/aromatic N) is 3. The van der Waals surface area contributed by atoms with Crippen LogP contribution in [0.5, 0.6) is 0 Å². The second-order valence-electron chi connectivity index (χ2n) is 7.78. The third-order valence-corrected chi connectivity index (χ3v) is 5.82. The Morgan fingerprint density at radius 3 is 2.52 bits per heavy atom. The predicted molar refractivity (Wildman–Crippen MR) is 120 cm³/mol. The monoisotopic (exact) mass is 392 g/mol. The number of aliphatic imine (C=N–C) groups is 1. The lowest BCUT2D eigenvalue weighted by Crippen LogP contribution is -2.40. The summed E-state index contributed by atoms with van der Waals surface area (Å²) in [6, 6.07) is 19.7. The highest BCUT2D eigenvalue weighted by molar-refractivity contribution is 5.80. The van der Waals surface area contributed by atoms with Crippen molar-refractivity contribution in [1.29, 1.82) is 0 Å². The van der Waals surface area contributed by atoms with Gasteiger partial charge in [0.15, 0.2) is 5.96 Å². The largest absolute Gasteiger partial charge is 0.378 e. The molecule has 2 aliphatic heterocycles. The number of ether oxygens (including phenoxy) is 1. The minimum absolute atomic E-state index is 0.591. The Balaban J connectivity index is 1.38. The number of hydrogen-bond acceptors (Lipinski definition) is 3. The molecule has 2 aliphatic rings. The van der Waals surface area contributed by atoms with Crippen molar-refractivity contribution in [3.05, 3.63) is 65.7 Å². The lowest BCUT2D eigenvalue weighted by molar-refractivity contribution is 0.122. The number of guanidine groups is 1. The Kier molecular flexibility index (Phi) is 6.67. The fourth-order valence-electron chi connectivity index (χ4n) is 4.18. The summed E-state index contributed by atoms with van der Waals surface area (Å²) >= 11 is 0. The molecule has 1 unspecified atom stereocenters. The van der Waals surface area contributed by atoms with Gasteiger partial charge in [-0.25, -0.2) is 4.99 Å². The highest BCUT2D eigenvalue weighted by atomic mass is 16.5. The van der Waals surface area contributed by atoms with E-state index >= 15 is 0 Å². The molecule has 0 amide bonds. The molecule has 0 radical (unpaired) electrons. The van der Waals surface area contributed by atoms with E-state index in [-0.39, 0.29) is 0 Å². The molecule has 0 bridgehead atoms. The number of hydrogen-bond donors (Lipinski definition) is 1. The van der Waals surface area contributed by atoms with Gasteiger partial charge in [-0.15, -0.1) is 0 Å². The molecule has 1 N–H and O–H groups in total. The fourth-order valence-corrected chi connectivity index (χ4v) is 4.18. The Morgan fingerprint density at radius 2 is 1.79 bits per heavy atom. The van der Waals surface area contributed by atoms with Crippen LogP contribution in [0.15, 0.2) is 59.6 Å². The highest BCUT2D eigenvalue weighted by Gasteiger charge is 2.25. The van der Waals surface area contributed by atoms with Crippen LogP contribution in [0, 0.1) is 0 Å². The average Bonchev–Trinajstić information content (AvgIpc) is 3.28. The summed E-state index contributed by atoms with van der Waals surface area (Å²) in [5.41, 5.74) is 3.96. The van der Waals surface area contributed by atoms with Crippen LogP contribution < -0.4 is 10.2 Å². The molecule has 0 aromatic heterocycles. The van der Waals surface area contributed by atoms with Crippen LogP contribution in [0.2, 0.25) is 0 Å². The summed E-state index contributed by atoms with van der Waals surface area (Å²) in [6.45, 7) is 9.40. The second kappa shape index (κ2) is 9.79. The van der Waals surface area contributed by atoms with Gasteiger partial charge in [0.05, 0.1) is 19.8 Å². The van der Waals surface area contributed by atoms with Crippen molar-refractivity contribution in [2.45, 2.75) is 25.8 Å². The summed E-state index contributed by atoms with van der Waals surface area (Å²) < 4.78 is 5.45. The molecule has 5 heteroatoms. The molecule has 1 atom stereocenters. The first kappa shape index (κ1) is 19.8. The van der Waals surface area contributed by atoms with Crippen LogP contribution in [0.4, 0.5) is 5.69 Å². The van der Waals surface area contributed by atoms with Crippen LogP contribution in [-0.2, 0) is 11.3 Å². The minimum Gasteiger partial charge on any atom is -0.378 e. The molecule has 4 rings (SSSR count). The standard InChI is InChI=1S/C24H32N4O/c1-2-25-24(28-13-12-22(19-28)21-6-4-3-5-7-21)26-18-20-8-10-23(11-9-20)27-14-16-29-17-15-27/h3-11,22H,2,12-19H2,1H3,(H,25,26). The maximum Gasteiger partial charge on any atom is 0.194 e. The summed E-state index contributed by atoms with van der Waals surface area (Å²) in [7, 11) is 0. The molecule has 29 heavy (non-hydrogen) atoms. The van der Waals surface area contributed by atoms with Crippen molar-refractivity contribution in [3.8, 4) is 0 Å². The van der Waals surface area contributed by atoms with E-state index in [9.17, 15) is 0 Å². The van der Waals surface area contributed by atoms with Gasteiger partial charge in [-0.1, -0.05) is 42.5 Å². The van der Waals surface area contributed by atoms with Crippen LogP contribution >= 0.6 is 0 Å². The zero-order valence-corrected chi connectivity index (χ0v) is 17.4. The topological polar surface area (TPSA) is 40.1 Å². The third-order valence-electron chi connectivity index (χ3n) is 5.82. The van der Waals surface area contributed by atoms with Gasteiger partial charge in [-0.05, 0) is 36.6 Å². The Bertz CT molecular complexity index is 784. The predicted octanol–water partition coefficient (Wildman–Crippen LogP) is 3.48. The molecular formula is C24H32N4O. The summed E-state index contributed by atoms with van der Waals surface area (Å²) in [4.78, 5) is 9.72. The zero-order chi connectivity index (χ0) is 19.9. The number of rotatable bonds is 5. The SMILES string of the molecule is CCNC(=NCc1ccc(N2CCOCC2)cc1)N1CCC(c2ccccc2)C1. The van der Waals surface area contributed by atoms with E-state index in [1.807, 2.05) is 0 Å². The zero-order valence-electron chi connectivity index (χ0n) is 17.4. The summed E-state index contributed by atoms with van der Waals surface area (Å²) in [6.07, 6.45) is 1.18. The van der Waals surface area contributed by atoms with Crippen molar-refractivity contribution in [2.24, 2.45) is 4.99 Å². The summed E-state index contributed by atoms with van der Waals surface area (Å²) in [5.74, 6) is 1.62. The Hall–Kier alpha value is -2.53. The van der Waals surface area contributed by atoms with Crippen LogP contribution in [0.1, 0.15) is 30.4 Å². The van der Waals surface area contributed by atoms with Gasteiger partial charge in [-0.3, -0.25) is 0 Å². The number of benzene rings is 2. The summed E-state index contributed by atoms with van der Waals surface area (Å²) in [5, 5.41) is 3.48. The molecule has 0 saturated carbocycles. The molecule has 0 aliphatic carbocycles. The first-order chi connectivity index (χ1) is 14.3. The molecule has 154 valence electrons. The van der Waals surface area contributed by atoms with Crippen molar-refractivity contribution < 1.29 is 4.74 Å². The molecular weight excluding hydrogens is 360 g/mol. The second-order valence-corrected chi connectivity index (χ2v) is 7.78. The number of anilines is 1. The van der Waals surface area contributed by atoms with Crippen molar-refractivity contribution in [1.82, 2.24) is 10.2 Å². The maximum atomic E-state index is 5.45. The lowest BCUT2D eigenvalue weighted by atomic mass is 9.99. The Labute approximate surface area is 174 Å². The first-order valence-corrected chi connectivity index (χ1v) is 10.8. The van der Waals surface area contributed by atoms with Gasteiger partial charge in [-0.2, -0.15) is 0 Å². The highest BCUT2D eigenvalue weighted by Crippen LogP contribution is 2.27. The van der Waals surface area contributed by atoms with E-state index in [0.717, 1.165) is 51.9 Å². The van der Waals surface area contributed by atoms with Gasteiger partial charge < -0.3 is 19.9 Å². The van der Waals surface area contributed by atoms with E-state index in [0.29, 0.717) is 12.5 Å². The number of nitrogens with one attached hydrogen (secondary N) is 1. The molecule has 2 heterocycles. The van der Waals surface area contributed by atoms with Gasteiger partial charge in [0.1, 0.15) is 0 Å².